The van der Waals surface area contributed by atoms with Crippen molar-refractivity contribution in [3.05, 3.63) is 48.4 Å². The Balaban J connectivity index is 1.31. The van der Waals surface area contributed by atoms with Crippen molar-refractivity contribution in [2.24, 2.45) is 5.92 Å². The van der Waals surface area contributed by atoms with Gasteiger partial charge in [-0.05, 0) is 62.1 Å². The number of anilines is 1. The fraction of sp³-hybridized carbons (Fsp3) is 0.450. The van der Waals surface area contributed by atoms with Crippen LogP contribution in [0.3, 0.4) is 0 Å². The van der Waals surface area contributed by atoms with E-state index in [1.165, 1.54) is 0 Å². The summed E-state index contributed by atoms with van der Waals surface area (Å²) in [6, 6.07) is 11.1. The van der Waals surface area contributed by atoms with Crippen molar-refractivity contribution in [3.63, 3.8) is 0 Å². The molecule has 2 aliphatic rings. The number of benzene rings is 1. The molecule has 2 fully saturated rings. The highest BCUT2D eigenvalue weighted by atomic mass is 16.5. The van der Waals surface area contributed by atoms with Crippen LogP contribution in [-0.4, -0.2) is 23.2 Å². The number of ether oxygens (including phenoxy) is 1. The Hall–Kier alpha value is -2.27. The van der Waals surface area contributed by atoms with Gasteiger partial charge >= 0.3 is 0 Å². The van der Waals surface area contributed by atoms with Gasteiger partial charge in [0.15, 0.2) is 0 Å². The number of hydrogen-bond donors (Lipinski definition) is 2. The Kier molecular flexibility index (Phi) is 4.49. The molecular formula is C20H23NO4. The molecule has 1 aromatic heterocycles. The summed E-state index contributed by atoms with van der Waals surface area (Å²) in [6.45, 7) is 0. The second-order valence-electron chi connectivity index (χ2n) is 6.99. The van der Waals surface area contributed by atoms with Crippen LogP contribution in [0.15, 0.2) is 47.1 Å². The summed E-state index contributed by atoms with van der Waals surface area (Å²) in [4.78, 5) is 12.3. The van der Waals surface area contributed by atoms with Crippen LogP contribution in [0.5, 0.6) is 5.75 Å². The molecule has 4 atom stereocenters. The van der Waals surface area contributed by atoms with Gasteiger partial charge in [-0.2, -0.15) is 0 Å². The molecule has 2 aliphatic carbocycles. The van der Waals surface area contributed by atoms with Crippen LogP contribution in [0.1, 0.15) is 43.8 Å². The molecule has 0 bridgehead atoms. The van der Waals surface area contributed by atoms with E-state index in [1.807, 2.05) is 36.4 Å². The first-order valence-corrected chi connectivity index (χ1v) is 9.00. The number of amides is 1. The molecule has 0 radical (unpaired) electrons. The van der Waals surface area contributed by atoms with Crippen molar-refractivity contribution in [1.82, 2.24) is 0 Å². The van der Waals surface area contributed by atoms with Gasteiger partial charge < -0.3 is 19.6 Å². The molecule has 132 valence electrons. The Bertz CT molecular complexity index is 710. The van der Waals surface area contributed by atoms with Crippen LogP contribution in [0.4, 0.5) is 5.69 Å². The topological polar surface area (TPSA) is 71.7 Å². The van der Waals surface area contributed by atoms with Gasteiger partial charge in [-0.1, -0.05) is 6.42 Å². The number of furan rings is 1. The van der Waals surface area contributed by atoms with Gasteiger partial charge in [0.2, 0.25) is 5.91 Å². The predicted molar refractivity (Wildman–Crippen MR) is 93.5 cm³/mol. The first-order valence-electron chi connectivity index (χ1n) is 9.00. The molecule has 2 N–H and O–H groups in total. The zero-order valence-electron chi connectivity index (χ0n) is 14.1. The number of carbonyl (C=O) groups is 1. The number of carbonyl (C=O) groups excluding carboxylic acids is 1. The van der Waals surface area contributed by atoms with E-state index in [9.17, 15) is 9.90 Å². The van der Waals surface area contributed by atoms with Gasteiger partial charge in [0.1, 0.15) is 17.6 Å². The minimum absolute atomic E-state index is 0.0144. The van der Waals surface area contributed by atoms with Crippen LogP contribution in [0.2, 0.25) is 0 Å². The number of rotatable bonds is 5. The maximum absolute atomic E-state index is 12.3. The quantitative estimate of drug-likeness (QED) is 0.870. The Morgan fingerprint density at radius 3 is 2.68 bits per heavy atom. The summed E-state index contributed by atoms with van der Waals surface area (Å²) in [6.07, 6.45) is 5.80. The highest BCUT2D eigenvalue weighted by Gasteiger charge is 2.45. The van der Waals surface area contributed by atoms with E-state index in [0.717, 1.165) is 49.3 Å². The van der Waals surface area contributed by atoms with Gasteiger partial charge in [0.25, 0.3) is 0 Å². The summed E-state index contributed by atoms with van der Waals surface area (Å²) in [5.41, 5.74) is 0.756. The molecule has 0 saturated heterocycles. The highest BCUT2D eigenvalue weighted by Crippen LogP contribution is 2.48. The van der Waals surface area contributed by atoms with E-state index < -0.39 is 0 Å². The van der Waals surface area contributed by atoms with Crippen molar-refractivity contribution < 1.29 is 19.1 Å². The third-order valence-corrected chi connectivity index (χ3v) is 5.11. The summed E-state index contributed by atoms with van der Waals surface area (Å²) in [5, 5.41) is 12.9. The van der Waals surface area contributed by atoms with Crippen LogP contribution in [0, 0.1) is 5.92 Å². The third kappa shape index (κ3) is 3.71. The average molecular weight is 341 g/mol. The van der Waals surface area contributed by atoms with Crippen molar-refractivity contribution in [3.8, 4) is 5.75 Å². The zero-order valence-corrected chi connectivity index (χ0v) is 14.1. The molecule has 1 aromatic carbocycles. The minimum Gasteiger partial charge on any atom is -0.488 e. The monoisotopic (exact) mass is 341 g/mol. The number of aliphatic hydroxyl groups excluding tert-OH is 1. The molecule has 2 saturated carbocycles. The molecule has 4 rings (SSSR count). The molecule has 1 heterocycles. The second-order valence-corrected chi connectivity index (χ2v) is 6.99. The van der Waals surface area contributed by atoms with E-state index in [2.05, 4.69) is 5.32 Å². The van der Waals surface area contributed by atoms with Gasteiger partial charge in [-0.15, -0.1) is 0 Å². The minimum atomic E-state index is -0.387. The SMILES string of the molecule is O=C(Nc1ccc(OC2CCCCC2O)cc1)C1CC1c1ccco1. The fourth-order valence-electron chi connectivity index (χ4n) is 3.54. The average Bonchev–Trinajstić information content (AvgIpc) is 3.24. The molecule has 4 unspecified atom stereocenters. The Morgan fingerprint density at radius 1 is 1.16 bits per heavy atom. The summed E-state index contributed by atoms with van der Waals surface area (Å²) >= 11 is 0. The lowest BCUT2D eigenvalue weighted by Gasteiger charge is -2.28. The lowest BCUT2D eigenvalue weighted by atomic mass is 9.95. The summed E-state index contributed by atoms with van der Waals surface area (Å²) < 4.78 is 11.2. The lowest BCUT2D eigenvalue weighted by molar-refractivity contribution is -0.117. The predicted octanol–water partition coefficient (Wildman–Crippen LogP) is 3.70. The fourth-order valence-corrected chi connectivity index (χ4v) is 3.54. The molecule has 0 aliphatic heterocycles. The van der Waals surface area contributed by atoms with E-state index >= 15 is 0 Å². The van der Waals surface area contributed by atoms with E-state index in [4.69, 9.17) is 9.15 Å². The van der Waals surface area contributed by atoms with Crippen molar-refractivity contribution >= 4 is 11.6 Å². The highest BCUT2D eigenvalue weighted by molar-refractivity contribution is 5.95. The van der Waals surface area contributed by atoms with E-state index in [0.29, 0.717) is 0 Å². The first kappa shape index (κ1) is 16.2. The molecule has 5 heteroatoms. The van der Waals surface area contributed by atoms with Crippen LogP contribution >= 0.6 is 0 Å². The Labute approximate surface area is 147 Å². The van der Waals surface area contributed by atoms with Gasteiger partial charge in [-0.25, -0.2) is 0 Å². The molecule has 25 heavy (non-hydrogen) atoms. The Morgan fingerprint density at radius 2 is 1.96 bits per heavy atom. The molecule has 1 amide bonds. The van der Waals surface area contributed by atoms with Crippen LogP contribution < -0.4 is 10.1 Å². The summed E-state index contributed by atoms with van der Waals surface area (Å²) in [5.74, 6) is 1.82. The molecule has 0 spiro atoms. The zero-order chi connectivity index (χ0) is 17.2. The molecular weight excluding hydrogens is 318 g/mol. The van der Waals surface area contributed by atoms with Gasteiger partial charge in [-0.3, -0.25) is 4.79 Å². The largest absolute Gasteiger partial charge is 0.488 e. The summed E-state index contributed by atoms with van der Waals surface area (Å²) in [7, 11) is 0. The smallest absolute Gasteiger partial charge is 0.228 e. The molecule has 5 nitrogen and oxygen atoms in total. The number of aliphatic hydroxyl groups is 1. The van der Waals surface area contributed by atoms with Crippen molar-refractivity contribution in [2.75, 3.05) is 5.32 Å². The van der Waals surface area contributed by atoms with Crippen molar-refractivity contribution in [1.29, 1.82) is 0 Å². The first-order chi connectivity index (χ1) is 12.2. The second kappa shape index (κ2) is 6.92. The van der Waals surface area contributed by atoms with Crippen molar-refractivity contribution in [2.45, 2.75) is 50.2 Å². The third-order valence-electron chi connectivity index (χ3n) is 5.11. The maximum atomic E-state index is 12.3. The van der Waals surface area contributed by atoms with Crippen LogP contribution in [-0.2, 0) is 4.79 Å². The number of hydrogen-bond acceptors (Lipinski definition) is 4. The lowest BCUT2D eigenvalue weighted by Crippen LogP contribution is -2.34. The van der Waals surface area contributed by atoms with E-state index in [1.54, 1.807) is 6.26 Å². The maximum Gasteiger partial charge on any atom is 0.228 e. The van der Waals surface area contributed by atoms with E-state index in [-0.39, 0.29) is 30.0 Å². The number of nitrogens with one attached hydrogen (secondary N) is 1. The van der Waals surface area contributed by atoms with Gasteiger partial charge in [0.05, 0.1) is 12.4 Å². The van der Waals surface area contributed by atoms with Crippen LogP contribution in [0.25, 0.3) is 0 Å². The normalized spacial score (nSPS) is 28.4. The molecule has 2 aromatic rings. The standard InChI is InChI=1S/C20H23NO4/c22-17-4-1-2-5-19(17)25-14-9-7-13(8-10-14)21-20(23)16-12-15(16)18-6-3-11-24-18/h3,6-11,15-17,19,22H,1-2,4-5,12H2,(H,21,23). The van der Waals surface area contributed by atoms with Gasteiger partial charge in [0, 0.05) is 17.5 Å².